The molecule has 0 spiro atoms. The van der Waals surface area contributed by atoms with Gasteiger partial charge in [-0.15, -0.1) is 0 Å². The summed E-state index contributed by atoms with van der Waals surface area (Å²) in [6.45, 7) is 8.61. The summed E-state index contributed by atoms with van der Waals surface area (Å²) in [5.74, 6) is 0.467. The maximum atomic E-state index is 12.3. The van der Waals surface area contributed by atoms with Crippen LogP contribution in [0, 0.1) is 0 Å². The van der Waals surface area contributed by atoms with Crippen LogP contribution in [0.3, 0.4) is 0 Å². The molecule has 0 aliphatic carbocycles. The van der Waals surface area contributed by atoms with Gasteiger partial charge >= 0.3 is 5.97 Å². The third-order valence-electron chi connectivity index (χ3n) is 2.96. The zero-order chi connectivity index (χ0) is 15.2. The molecule has 0 bridgehead atoms. The van der Waals surface area contributed by atoms with Crippen LogP contribution < -0.4 is 5.73 Å². The summed E-state index contributed by atoms with van der Waals surface area (Å²) in [5, 5.41) is 0. The van der Waals surface area contributed by atoms with Crippen LogP contribution in [0.15, 0.2) is 30.3 Å². The topological polar surface area (TPSA) is 52.3 Å². The molecular weight excluding hydrogens is 270 g/mol. The Bertz CT molecular complexity index is 428. The number of benzene rings is 1. The van der Waals surface area contributed by atoms with E-state index >= 15 is 0 Å². The van der Waals surface area contributed by atoms with Crippen LogP contribution in [-0.2, 0) is 15.1 Å². The second-order valence-corrected chi connectivity index (χ2v) is 7.69. The molecule has 0 aliphatic rings. The monoisotopic (exact) mass is 295 g/mol. The highest BCUT2D eigenvalue weighted by atomic mass is 32.2. The van der Waals surface area contributed by atoms with Crippen molar-refractivity contribution in [1.82, 2.24) is 0 Å². The van der Waals surface area contributed by atoms with E-state index in [4.69, 9.17) is 10.5 Å². The summed E-state index contributed by atoms with van der Waals surface area (Å²) in [6, 6.07) is 9.48. The van der Waals surface area contributed by atoms with Crippen molar-refractivity contribution in [2.24, 2.45) is 5.73 Å². The van der Waals surface area contributed by atoms with Gasteiger partial charge in [0, 0.05) is 4.75 Å². The van der Waals surface area contributed by atoms with E-state index in [0.29, 0.717) is 13.0 Å². The SMILES string of the molecule is CCOC(=O)C(N)(CCSC(C)(C)C)c1ccccc1. The summed E-state index contributed by atoms with van der Waals surface area (Å²) >= 11 is 1.80. The fourth-order valence-electron chi connectivity index (χ4n) is 1.88. The zero-order valence-corrected chi connectivity index (χ0v) is 13.6. The Morgan fingerprint density at radius 3 is 2.35 bits per heavy atom. The lowest BCUT2D eigenvalue weighted by Gasteiger charge is -2.29. The third kappa shape index (κ3) is 4.84. The van der Waals surface area contributed by atoms with E-state index in [1.807, 2.05) is 30.3 Å². The molecule has 0 amide bonds. The highest BCUT2D eigenvalue weighted by Gasteiger charge is 2.37. The molecule has 4 heteroatoms. The Morgan fingerprint density at radius 1 is 1.25 bits per heavy atom. The van der Waals surface area contributed by atoms with Crippen molar-refractivity contribution in [2.75, 3.05) is 12.4 Å². The summed E-state index contributed by atoms with van der Waals surface area (Å²) in [5.41, 5.74) is 6.14. The van der Waals surface area contributed by atoms with E-state index in [-0.39, 0.29) is 10.7 Å². The molecule has 2 N–H and O–H groups in total. The van der Waals surface area contributed by atoms with Crippen molar-refractivity contribution in [1.29, 1.82) is 0 Å². The summed E-state index contributed by atoms with van der Waals surface area (Å²) in [7, 11) is 0. The minimum atomic E-state index is -1.06. The van der Waals surface area contributed by atoms with E-state index in [1.165, 1.54) is 0 Å². The number of hydrogen-bond acceptors (Lipinski definition) is 4. The number of thioether (sulfide) groups is 1. The van der Waals surface area contributed by atoms with Crippen LogP contribution >= 0.6 is 11.8 Å². The van der Waals surface area contributed by atoms with Crippen LogP contribution in [0.25, 0.3) is 0 Å². The quantitative estimate of drug-likeness (QED) is 0.818. The van der Waals surface area contributed by atoms with Gasteiger partial charge in [-0.05, 0) is 24.7 Å². The van der Waals surface area contributed by atoms with Gasteiger partial charge in [-0.25, -0.2) is 4.79 Å². The first kappa shape index (κ1) is 17.1. The van der Waals surface area contributed by atoms with Crippen LogP contribution in [0.4, 0.5) is 0 Å². The highest BCUT2D eigenvalue weighted by Crippen LogP contribution is 2.30. The van der Waals surface area contributed by atoms with Crippen molar-refractivity contribution in [3.05, 3.63) is 35.9 Å². The van der Waals surface area contributed by atoms with Crippen molar-refractivity contribution in [3.8, 4) is 0 Å². The molecule has 1 rings (SSSR count). The van der Waals surface area contributed by atoms with Crippen LogP contribution in [-0.4, -0.2) is 23.1 Å². The lowest BCUT2D eigenvalue weighted by Crippen LogP contribution is -2.46. The van der Waals surface area contributed by atoms with Gasteiger partial charge in [0.25, 0.3) is 0 Å². The van der Waals surface area contributed by atoms with Crippen molar-refractivity contribution >= 4 is 17.7 Å². The largest absolute Gasteiger partial charge is 0.464 e. The molecular formula is C16H25NO2S. The van der Waals surface area contributed by atoms with E-state index < -0.39 is 5.54 Å². The maximum absolute atomic E-state index is 12.3. The fraction of sp³-hybridized carbons (Fsp3) is 0.562. The molecule has 1 aromatic rings. The first-order valence-corrected chi connectivity index (χ1v) is 7.94. The second-order valence-electron chi connectivity index (χ2n) is 5.77. The summed E-state index contributed by atoms with van der Waals surface area (Å²) < 4.78 is 5.33. The fourth-order valence-corrected chi connectivity index (χ4v) is 2.91. The lowest BCUT2D eigenvalue weighted by molar-refractivity contribution is -0.150. The number of carbonyl (C=O) groups is 1. The number of hydrogen-bond donors (Lipinski definition) is 1. The average molecular weight is 295 g/mol. The minimum absolute atomic E-state index is 0.159. The van der Waals surface area contributed by atoms with Crippen molar-refractivity contribution in [3.63, 3.8) is 0 Å². The van der Waals surface area contributed by atoms with Gasteiger partial charge in [0.2, 0.25) is 0 Å². The number of rotatable bonds is 6. The Labute approximate surface area is 126 Å². The molecule has 0 saturated carbocycles. The maximum Gasteiger partial charge on any atom is 0.330 e. The molecule has 0 aromatic heterocycles. The Kier molecular flexibility index (Phi) is 6.08. The smallest absolute Gasteiger partial charge is 0.330 e. The van der Waals surface area contributed by atoms with Gasteiger partial charge in [0.15, 0.2) is 0 Å². The zero-order valence-electron chi connectivity index (χ0n) is 12.8. The minimum Gasteiger partial charge on any atom is -0.464 e. The van der Waals surface area contributed by atoms with Gasteiger partial charge in [0.1, 0.15) is 5.54 Å². The predicted octanol–water partition coefficient (Wildman–Crippen LogP) is 3.33. The predicted molar refractivity (Wildman–Crippen MR) is 85.8 cm³/mol. The van der Waals surface area contributed by atoms with E-state index in [2.05, 4.69) is 20.8 Å². The first-order valence-electron chi connectivity index (χ1n) is 6.95. The van der Waals surface area contributed by atoms with Gasteiger partial charge in [-0.3, -0.25) is 0 Å². The van der Waals surface area contributed by atoms with Gasteiger partial charge in [-0.2, -0.15) is 11.8 Å². The lowest BCUT2D eigenvalue weighted by atomic mass is 9.88. The standard InChI is InChI=1S/C16H25NO2S/c1-5-19-14(18)16(17,11-12-20-15(2,3)4)13-9-7-6-8-10-13/h6-10H,5,11-12,17H2,1-4H3. The van der Waals surface area contributed by atoms with E-state index in [0.717, 1.165) is 11.3 Å². The first-order chi connectivity index (χ1) is 9.29. The molecule has 112 valence electrons. The Morgan fingerprint density at radius 2 is 1.85 bits per heavy atom. The molecule has 0 radical (unpaired) electrons. The number of nitrogens with two attached hydrogens (primary N) is 1. The molecule has 3 nitrogen and oxygen atoms in total. The van der Waals surface area contributed by atoms with Gasteiger partial charge in [0.05, 0.1) is 6.61 Å². The van der Waals surface area contributed by atoms with Crippen LogP contribution in [0.5, 0.6) is 0 Å². The molecule has 1 atom stereocenters. The van der Waals surface area contributed by atoms with Crippen LogP contribution in [0.2, 0.25) is 0 Å². The van der Waals surface area contributed by atoms with Crippen molar-refractivity contribution < 1.29 is 9.53 Å². The van der Waals surface area contributed by atoms with Crippen LogP contribution in [0.1, 0.15) is 39.7 Å². The number of ether oxygens (including phenoxy) is 1. The Hall–Kier alpha value is -1.00. The number of carbonyl (C=O) groups excluding carboxylic acids is 1. The highest BCUT2D eigenvalue weighted by molar-refractivity contribution is 8.00. The molecule has 1 aromatic carbocycles. The average Bonchev–Trinajstić information content (AvgIpc) is 2.38. The van der Waals surface area contributed by atoms with Gasteiger partial charge < -0.3 is 10.5 Å². The normalized spacial score (nSPS) is 14.7. The van der Waals surface area contributed by atoms with Gasteiger partial charge in [-0.1, -0.05) is 51.1 Å². The van der Waals surface area contributed by atoms with Crippen molar-refractivity contribution in [2.45, 2.75) is 44.4 Å². The summed E-state index contributed by atoms with van der Waals surface area (Å²) in [4.78, 5) is 12.3. The molecule has 20 heavy (non-hydrogen) atoms. The molecule has 0 aliphatic heterocycles. The molecule has 0 fully saturated rings. The van der Waals surface area contributed by atoms with E-state index in [1.54, 1.807) is 18.7 Å². The Balaban J connectivity index is 2.88. The third-order valence-corrected chi connectivity index (χ3v) is 4.23. The number of esters is 1. The molecule has 1 unspecified atom stereocenters. The van der Waals surface area contributed by atoms with E-state index in [9.17, 15) is 4.79 Å². The molecule has 0 heterocycles. The molecule has 0 saturated heterocycles. The summed E-state index contributed by atoms with van der Waals surface area (Å²) in [6.07, 6.45) is 0.567. The second kappa shape index (κ2) is 7.14.